The van der Waals surface area contributed by atoms with Crippen molar-refractivity contribution in [2.75, 3.05) is 20.8 Å². The van der Waals surface area contributed by atoms with E-state index in [0.717, 1.165) is 31.4 Å². The Morgan fingerprint density at radius 3 is 2.56 bits per heavy atom. The molecule has 3 rings (SSSR count). The summed E-state index contributed by atoms with van der Waals surface area (Å²) >= 11 is 0. The molecule has 0 aliphatic heterocycles. The zero-order chi connectivity index (χ0) is 19.3. The van der Waals surface area contributed by atoms with Gasteiger partial charge in [0.1, 0.15) is 0 Å². The molecule has 0 bridgehead atoms. The lowest BCUT2D eigenvalue weighted by Crippen LogP contribution is -2.66. The molecular weight excluding hydrogens is 344 g/mol. The van der Waals surface area contributed by atoms with Crippen molar-refractivity contribution in [3.05, 3.63) is 23.8 Å². The topological polar surface area (TPSA) is 68.8 Å². The number of hydrogen-bond donors (Lipinski definition) is 2. The van der Waals surface area contributed by atoms with Gasteiger partial charge in [-0.2, -0.15) is 0 Å². The zero-order valence-electron chi connectivity index (χ0n) is 16.7. The van der Waals surface area contributed by atoms with Gasteiger partial charge in [0.15, 0.2) is 11.5 Å². The highest BCUT2D eigenvalue weighted by atomic mass is 16.5. The number of benzene rings is 1. The predicted octanol–water partition coefficient (Wildman–Crippen LogP) is 3.63. The minimum absolute atomic E-state index is 0.116. The zero-order valence-corrected chi connectivity index (χ0v) is 16.7. The van der Waals surface area contributed by atoms with Crippen LogP contribution in [0.4, 0.5) is 4.79 Å². The maximum atomic E-state index is 12.5. The van der Waals surface area contributed by atoms with E-state index in [4.69, 9.17) is 14.2 Å². The molecule has 150 valence electrons. The molecule has 0 unspecified atom stereocenters. The van der Waals surface area contributed by atoms with Crippen molar-refractivity contribution in [2.45, 2.75) is 64.1 Å². The number of ether oxygens (including phenoxy) is 3. The summed E-state index contributed by atoms with van der Waals surface area (Å²) in [6, 6.07) is 5.76. The highest BCUT2D eigenvalue weighted by molar-refractivity contribution is 5.74. The van der Waals surface area contributed by atoms with Gasteiger partial charge in [0.25, 0.3) is 0 Å². The van der Waals surface area contributed by atoms with Crippen LogP contribution in [0.15, 0.2) is 18.2 Å². The molecule has 0 radical (unpaired) electrons. The molecule has 2 aliphatic carbocycles. The number of nitrogens with one attached hydrogen (secondary N) is 2. The van der Waals surface area contributed by atoms with Gasteiger partial charge in [0, 0.05) is 24.6 Å². The predicted molar refractivity (Wildman–Crippen MR) is 104 cm³/mol. The molecule has 6 heteroatoms. The number of hydrogen-bond acceptors (Lipinski definition) is 4. The Bertz CT molecular complexity index is 643. The maximum absolute atomic E-state index is 12.5. The first-order chi connectivity index (χ1) is 13.1. The lowest BCUT2D eigenvalue weighted by Gasteiger charge is -2.57. The van der Waals surface area contributed by atoms with E-state index < -0.39 is 0 Å². The Kier molecular flexibility index (Phi) is 6.47. The van der Waals surface area contributed by atoms with Gasteiger partial charge in [-0.25, -0.2) is 4.79 Å². The fourth-order valence-corrected chi connectivity index (χ4v) is 4.65. The van der Waals surface area contributed by atoms with E-state index in [-0.39, 0.29) is 17.5 Å². The minimum Gasteiger partial charge on any atom is -0.493 e. The number of amides is 2. The number of carbonyl (C=O) groups is 1. The standard InChI is InChI=1S/C21H32N2O4/c1-4-27-19-13-18(21(19)10-6-5-7-11-21)23-20(24)22-14-15-8-9-16(25-2)17(12-15)26-3/h8-9,12,18-19H,4-7,10-11,13-14H2,1-3H3,(H2,22,23,24)/t18-,19-/m0/s1. The van der Waals surface area contributed by atoms with Crippen LogP contribution in [-0.4, -0.2) is 39.0 Å². The van der Waals surface area contributed by atoms with Gasteiger partial charge in [-0.15, -0.1) is 0 Å². The summed E-state index contributed by atoms with van der Waals surface area (Å²) in [7, 11) is 3.22. The van der Waals surface area contributed by atoms with Crippen molar-refractivity contribution in [1.29, 1.82) is 0 Å². The van der Waals surface area contributed by atoms with E-state index in [1.165, 1.54) is 19.3 Å². The summed E-state index contributed by atoms with van der Waals surface area (Å²) in [4.78, 5) is 12.5. The maximum Gasteiger partial charge on any atom is 0.315 e. The second kappa shape index (κ2) is 8.83. The van der Waals surface area contributed by atoms with E-state index in [0.29, 0.717) is 24.1 Å². The number of urea groups is 1. The van der Waals surface area contributed by atoms with E-state index in [1.54, 1.807) is 14.2 Å². The molecule has 2 aliphatic rings. The molecule has 2 saturated carbocycles. The van der Waals surface area contributed by atoms with Crippen LogP contribution >= 0.6 is 0 Å². The Morgan fingerprint density at radius 2 is 1.89 bits per heavy atom. The van der Waals surface area contributed by atoms with Gasteiger partial charge < -0.3 is 24.8 Å². The van der Waals surface area contributed by atoms with Crippen LogP contribution in [0, 0.1) is 5.41 Å². The third kappa shape index (κ3) is 4.15. The second-order valence-corrected chi connectivity index (χ2v) is 7.54. The fourth-order valence-electron chi connectivity index (χ4n) is 4.65. The van der Waals surface area contributed by atoms with E-state index in [1.807, 2.05) is 25.1 Å². The van der Waals surface area contributed by atoms with Crippen LogP contribution in [0.1, 0.15) is 51.0 Å². The number of rotatable bonds is 7. The summed E-state index contributed by atoms with van der Waals surface area (Å²) in [6.07, 6.45) is 7.26. The highest BCUT2D eigenvalue weighted by Crippen LogP contribution is 2.53. The van der Waals surface area contributed by atoms with Crippen LogP contribution in [-0.2, 0) is 11.3 Å². The molecule has 2 N–H and O–H groups in total. The summed E-state index contributed by atoms with van der Waals surface area (Å²) in [5.74, 6) is 1.35. The summed E-state index contributed by atoms with van der Waals surface area (Å²) < 4.78 is 16.5. The first-order valence-corrected chi connectivity index (χ1v) is 10.00. The SMILES string of the molecule is CCO[C@H]1C[C@H](NC(=O)NCc2ccc(OC)c(OC)c2)C12CCCCC2. The van der Waals surface area contributed by atoms with Gasteiger partial charge in [0.2, 0.25) is 0 Å². The number of methoxy groups -OCH3 is 2. The lowest BCUT2D eigenvalue weighted by molar-refractivity contribution is -0.146. The summed E-state index contributed by atoms with van der Waals surface area (Å²) in [6.45, 7) is 3.23. The largest absolute Gasteiger partial charge is 0.493 e. The molecule has 0 aromatic heterocycles. The Hall–Kier alpha value is -1.95. The van der Waals surface area contributed by atoms with Gasteiger partial charge >= 0.3 is 6.03 Å². The molecule has 27 heavy (non-hydrogen) atoms. The molecular formula is C21H32N2O4. The molecule has 1 spiro atoms. The minimum atomic E-state index is -0.116. The van der Waals surface area contributed by atoms with E-state index in [9.17, 15) is 4.79 Å². The average molecular weight is 376 g/mol. The quantitative estimate of drug-likeness (QED) is 0.762. The van der Waals surface area contributed by atoms with Crippen molar-refractivity contribution >= 4 is 6.03 Å². The van der Waals surface area contributed by atoms with Crippen molar-refractivity contribution in [2.24, 2.45) is 5.41 Å². The van der Waals surface area contributed by atoms with Crippen LogP contribution in [0.25, 0.3) is 0 Å². The van der Waals surface area contributed by atoms with Crippen LogP contribution < -0.4 is 20.1 Å². The van der Waals surface area contributed by atoms with Crippen molar-refractivity contribution in [1.82, 2.24) is 10.6 Å². The van der Waals surface area contributed by atoms with Gasteiger partial charge in [-0.1, -0.05) is 25.3 Å². The molecule has 0 saturated heterocycles. The average Bonchev–Trinajstić information content (AvgIpc) is 2.71. The van der Waals surface area contributed by atoms with Gasteiger partial charge in [-0.3, -0.25) is 0 Å². The smallest absolute Gasteiger partial charge is 0.315 e. The molecule has 2 amide bonds. The van der Waals surface area contributed by atoms with Crippen LogP contribution in [0.3, 0.4) is 0 Å². The molecule has 1 aromatic carbocycles. The lowest BCUT2D eigenvalue weighted by atomic mass is 9.55. The molecule has 6 nitrogen and oxygen atoms in total. The molecule has 2 atom stereocenters. The first kappa shape index (κ1) is 19.8. The van der Waals surface area contributed by atoms with Crippen molar-refractivity contribution < 1.29 is 19.0 Å². The van der Waals surface area contributed by atoms with Crippen molar-refractivity contribution in [3.63, 3.8) is 0 Å². The van der Waals surface area contributed by atoms with Crippen LogP contribution in [0.5, 0.6) is 11.5 Å². The second-order valence-electron chi connectivity index (χ2n) is 7.54. The molecule has 1 aromatic rings. The van der Waals surface area contributed by atoms with Crippen LogP contribution in [0.2, 0.25) is 0 Å². The van der Waals surface area contributed by atoms with Gasteiger partial charge in [-0.05, 0) is 43.9 Å². The fraction of sp³-hybridized carbons (Fsp3) is 0.667. The first-order valence-electron chi connectivity index (χ1n) is 10.00. The number of carbonyl (C=O) groups excluding carboxylic acids is 1. The Morgan fingerprint density at radius 1 is 1.15 bits per heavy atom. The highest BCUT2D eigenvalue weighted by Gasteiger charge is 2.56. The molecule has 2 fully saturated rings. The molecule has 0 heterocycles. The summed E-state index contributed by atoms with van der Waals surface area (Å²) in [5.41, 5.74) is 1.10. The normalized spacial score (nSPS) is 23.4. The van der Waals surface area contributed by atoms with Gasteiger partial charge in [0.05, 0.1) is 20.3 Å². The summed E-state index contributed by atoms with van der Waals surface area (Å²) in [5, 5.41) is 6.17. The van der Waals surface area contributed by atoms with Crippen molar-refractivity contribution in [3.8, 4) is 11.5 Å². The Balaban J connectivity index is 1.55. The van der Waals surface area contributed by atoms with E-state index in [2.05, 4.69) is 10.6 Å². The van der Waals surface area contributed by atoms with E-state index >= 15 is 0 Å². The third-order valence-electron chi connectivity index (χ3n) is 6.14. The third-order valence-corrected chi connectivity index (χ3v) is 6.14. The monoisotopic (exact) mass is 376 g/mol. The Labute approximate surface area is 161 Å².